The van der Waals surface area contributed by atoms with Gasteiger partial charge in [-0.25, -0.2) is 9.18 Å². The van der Waals surface area contributed by atoms with Gasteiger partial charge < -0.3 is 10.6 Å². The summed E-state index contributed by atoms with van der Waals surface area (Å²) in [7, 11) is 0. The predicted octanol–water partition coefficient (Wildman–Crippen LogP) is 3.46. The molecule has 29 heavy (non-hydrogen) atoms. The van der Waals surface area contributed by atoms with Crippen molar-refractivity contribution in [1.29, 1.82) is 0 Å². The molecule has 0 saturated carbocycles. The largest absolute Gasteiger partial charge is 0.336 e. The number of amides is 2. The fourth-order valence-corrected chi connectivity index (χ4v) is 3.72. The van der Waals surface area contributed by atoms with E-state index in [2.05, 4.69) is 15.6 Å². The molecule has 2 amide bonds. The van der Waals surface area contributed by atoms with Crippen LogP contribution in [0.4, 0.5) is 9.18 Å². The van der Waals surface area contributed by atoms with Gasteiger partial charge in [0, 0.05) is 42.3 Å². The van der Waals surface area contributed by atoms with E-state index in [9.17, 15) is 9.18 Å². The van der Waals surface area contributed by atoms with Crippen molar-refractivity contribution in [1.82, 2.24) is 25.4 Å². The standard InChI is InChI=1S/C22H24FN5O/c23-18-7-5-16(6-8-18)15-26-22(29)25-13-14-28-20-4-2-1-3-19(20)21(27-28)17-9-11-24-12-10-17/h5-12H,1-4,13-15H2,(H2,25,26,29). The summed E-state index contributed by atoms with van der Waals surface area (Å²) in [4.78, 5) is 16.2. The average molecular weight is 393 g/mol. The van der Waals surface area contributed by atoms with Crippen LogP contribution in [0.25, 0.3) is 11.3 Å². The minimum atomic E-state index is -0.285. The Bertz CT molecular complexity index is 969. The van der Waals surface area contributed by atoms with E-state index in [0.717, 1.165) is 29.7 Å². The highest BCUT2D eigenvalue weighted by Gasteiger charge is 2.21. The van der Waals surface area contributed by atoms with Crippen molar-refractivity contribution in [3.05, 3.63) is 71.4 Å². The Morgan fingerprint density at radius 3 is 2.59 bits per heavy atom. The minimum absolute atomic E-state index is 0.246. The number of fused-ring (bicyclic) bond motifs is 1. The number of nitrogens with zero attached hydrogens (tertiary/aromatic N) is 3. The lowest BCUT2D eigenvalue weighted by molar-refractivity contribution is 0.240. The quantitative estimate of drug-likeness (QED) is 0.674. The molecule has 7 heteroatoms. The van der Waals surface area contributed by atoms with Crippen molar-refractivity contribution in [3.8, 4) is 11.3 Å². The lowest BCUT2D eigenvalue weighted by Gasteiger charge is -2.14. The van der Waals surface area contributed by atoms with Crippen LogP contribution in [0.15, 0.2) is 48.8 Å². The molecule has 1 aromatic carbocycles. The Kier molecular flexibility index (Phi) is 5.84. The molecule has 0 unspecified atom stereocenters. The fourth-order valence-electron chi connectivity index (χ4n) is 3.72. The zero-order chi connectivity index (χ0) is 20.1. The van der Waals surface area contributed by atoms with E-state index >= 15 is 0 Å². The molecule has 0 fully saturated rings. The number of pyridine rings is 1. The van der Waals surface area contributed by atoms with Gasteiger partial charge in [-0.1, -0.05) is 12.1 Å². The molecular formula is C22H24FN5O. The summed E-state index contributed by atoms with van der Waals surface area (Å²) < 4.78 is 15.0. The van der Waals surface area contributed by atoms with E-state index < -0.39 is 0 Å². The molecule has 6 nitrogen and oxygen atoms in total. The molecule has 2 aromatic heterocycles. The van der Waals surface area contributed by atoms with Crippen LogP contribution in [-0.2, 0) is 25.9 Å². The number of carbonyl (C=O) groups is 1. The summed E-state index contributed by atoms with van der Waals surface area (Å²) in [6.45, 7) is 1.46. The smallest absolute Gasteiger partial charge is 0.315 e. The second-order valence-corrected chi connectivity index (χ2v) is 7.18. The van der Waals surface area contributed by atoms with Crippen LogP contribution in [0.2, 0.25) is 0 Å². The number of rotatable bonds is 6. The van der Waals surface area contributed by atoms with Gasteiger partial charge in [0.2, 0.25) is 0 Å². The highest BCUT2D eigenvalue weighted by Crippen LogP contribution is 2.30. The van der Waals surface area contributed by atoms with E-state index in [1.54, 1.807) is 24.5 Å². The predicted molar refractivity (Wildman–Crippen MR) is 109 cm³/mol. The van der Waals surface area contributed by atoms with Gasteiger partial charge in [-0.15, -0.1) is 0 Å². The van der Waals surface area contributed by atoms with Crippen LogP contribution in [-0.4, -0.2) is 27.3 Å². The third kappa shape index (κ3) is 4.62. The number of hydrogen-bond donors (Lipinski definition) is 2. The normalized spacial score (nSPS) is 13.0. The van der Waals surface area contributed by atoms with Crippen LogP contribution in [0.1, 0.15) is 29.7 Å². The van der Waals surface area contributed by atoms with Gasteiger partial charge in [-0.3, -0.25) is 9.67 Å². The summed E-state index contributed by atoms with van der Waals surface area (Å²) >= 11 is 0. The van der Waals surface area contributed by atoms with Gasteiger partial charge >= 0.3 is 6.03 Å². The van der Waals surface area contributed by atoms with E-state index in [0.29, 0.717) is 19.6 Å². The average Bonchev–Trinajstić information content (AvgIpc) is 3.13. The molecule has 3 aromatic rings. The molecule has 0 atom stereocenters. The van der Waals surface area contributed by atoms with Crippen molar-refractivity contribution in [2.24, 2.45) is 0 Å². The second kappa shape index (κ2) is 8.86. The maximum absolute atomic E-state index is 12.9. The lowest BCUT2D eigenvalue weighted by Crippen LogP contribution is -2.37. The van der Waals surface area contributed by atoms with Gasteiger partial charge in [-0.05, 0) is 55.5 Å². The third-order valence-corrected chi connectivity index (χ3v) is 5.19. The molecular weight excluding hydrogens is 369 g/mol. The van der Waals surface area contributed by atoms with Crippen LogP contribution in [0, 0.1) is 5.82 Å². The summed E-state index contributed by atoms with van der Waals surface area (Å²) in [6, 6.07) is 9.82. The number of hydrogen-bond acceptors (Lipinski definition) is 3. The van der Waals surface area contributed by atoms with Crippen molar-refractivity contribution in [3.63, 3.8) is 0 Å². The van der Waals surface area contributed by atoms with Crippen molar-refractivity contribution >= 4 is 6.03 Å². The Balaban J connectivity index is 1.35. The van der Waals surface area contributed by atoms with Gasteiger partial charge in [0.05, 0.1) is 12.2 Å². The molecule has 2 heterocycles. The topological polar surface area (TPSA) is 71.8 Å². The molecule has 0 saturated heterocycles. The monoisotopic (exact) mass is 393 g/mol. The molecule has 0 aliphatic heterocycles. The highest BCUT2D eigenvalue weighted by molar-refractivity contribution is 5.73. The Morgan fingerprint density at radius 2 is 1.79 bits per heavy atom. The van der Waals surface area contributed by atoms with Crippen molar-refractivity contribution in [2.75, 3.05) is 6.54 Å². The maximum atomic E-state index is 12.9. The first-order chi connectivity index (χ1) is 14.2. The Morgan fingerprint density at radius 1 is 1.03 bits per heavy atom. The van der Waals surface area contributed by atoms with E-state index in [1.807, 2.05) is 16.8 Å². The fraction of sp³-hybridized carbons (Fsp3) is 0.318. The van der Waals surface area contributed by atoms with Crippen LogP contribution < -0.4 is 10.6 Å². The Labute approximate surface area is 169 Å². The second-order valence-electron chi connectivity index (χ2n) is 7.18. The molecule has 0 bridgehead atoms. The molecule has 0 radical (unpaired) electrons. The van der Waals surface area contributed by atoms with Crippen LogP contribution >= 0.6 is 0 Å². The van der Waals surface area contributed by atoms with Crippen LogP contribution in [0.3, 0.4) is 0 Å². The van der Waals surface area contributed by atoms with E-state index in [4.69, 9.17) is 5.10 Å². The Hall–Kier alpha value is -3.22. The lowest BCUT2D eigenvalue weighted by atomic mass is 9.94. The summed E-state index contributed by atoms with van der Waals surface area (Å²) in [5.41, 5.74) is 5.56. The number of carbonyl (C=O) groups excluding carboxylic acids is 1. The minimum Gasteiger partial charge on any atom is -0.336 e. The number of urea groups is 1. The van der Waals surface area contributed by atoms with Gasteiger partial charge in [0.25, 0.3) is 0 Å². The maximum Gasteiger partial charge on any atom is 0.315 e. The molecule has 2 N–H and O–H groups in total. The number of halogens is 1. The number of benzene rings is 1. The number of nitrogens with one attached hydrogen (secondary N) is 2. The molecule has 1 aliphatic carbocycles. The van der Waals surface area contributed by atoms with Gasteiger partial charge in [-0.2, -0.15) is 5.10 Å². The van der Waals surface area contributed by atoms with Gasteiger partial charge in [0.15, 0.2) is 0 Å². The SMILES string of the molecule is O=C(NCCn1nc(-c2ccncc2)c2c1CCCC2)NCc1ccc(F)cc1. The zero-order valence-corrected chi connectivity index (χ0v) is 16.2. The summed E-state index contributed by atoms with van der Waals surface area (Å²) in [5.74, 6) is -0.285. The first-order valence-corrected chi connectivity index (χ1v) is 9.96. The first kappa shape index (κ1) is 19.1. The molecule has 0 spiro atoms. The zero-order valence-electron chi connectivity index (χ0n) is 16.2. The van der Waals surface area contributed by atoms with Crippen LogP contribution in [0.5, 0.6) is 0 Å². The number of aromatic nitrogens is 3. The summed E-state index contributed by atoms with van der Waals surface area (Å²) in [6.07, 6.45) is 7.98. The van der Waals surface area contributed by atoms with E-state index in [-0.39, 0.29) is 11.8 Å². The highest BCUT2D eigenvalue weighted by atomic mass is 19.1. The van der Waals surface area contributed by atoms with Gasteiger partial charge in [0.1, 0.15) is 5.82 Å². The van der Waals surface area contributed by atoms with Crippen molar-refractivity contribution in [2.45, 2.75) is 38.8 Å². The summed E-state index contributed by atoms with van der Waals surface area (Å²) in [5, 5.41) is 10.5. The van der Waals surface area contributed by atoms with Crippen molar-refractivity contribution < 1.29 is 9.18 Å². The molecule has 150 valence electrons. The molecule has 4 rings (SSSR count). The van der Waals surface area contributed by atoms with E-state index in [1.165, 1.54) is 36.2 Å². The molecule has 1 aliphatic rings. The third-order valence-electron chi connectivity index (χ3n) is 5.19. The first-order valence-electron chi connectivity index (χ1n) is 9.96.